The molecule has 0 aliphatic carbocycles. The first-order valence-electron chi connectivity index (χ1n) is 11.1. The number of carbonyl (C=O) groups excluding carboxylic acids is 1. The van der Waals surface area contributed by atoms with Gasteiger partial charge in [0.15, 0.2) is 17.3 Å². The van der Waals surface area contributed by atoms with E-state index in [1.165, 1.54) is 6.92 Å². The lowest BCUT2D eigenvalue weighted by atomic mass is 10.1. The summed E-state index contributed by atoms with van der Waals surface area (Å²) in [6, 6.07) is 13.2. The van der Waals surface area contributed by atoms with Gasteiger partial charge >= 0.3 is 0 Å². The zero-order valence-electron chi connectivity index (χ0n) is 20.0. The monoisotopic (exact) mass is 468 g/mol. The molecule has 1 amide bonds. The van der Waals surface area contributed by atoms with Gasteiger partial charge in [0.2, 0.25) is 5.91 Å². The van der Waals surface area contributed by atoms with Crippen LogP contribution in [0.2, 0.25) is 0 Å². The highest BCUT2D eigenvalue weighted by atomic mass is 16.5. The summed E-state index contributed by atoms with van der Waals surface area (Å²) >= 11 is 0. The van der Waals surface area contributed by atoms with E-state index in [-0.39, 0.29) is 12.5 Å². The van der Waals surface area contributed by atoms with Gasteiger partial charge in [-0.2, -0.15) is 0 Å². The van der Waals surface area contributed by atoms with Gasteiger partial charge in [-0.25, -0.2) is 4.98 Å². The van der Waals surface area contributed by atoms with Crippen molar-refractivity contribution in [3.05, 3.63) is 53.7 Å². The molecule has 3 rings (SSSR count). The van der Waals surface area contributed by atoms with E-state index in [2.05, 4.69) is 20.6 Å². The molecule has 2 aromatic carbocycles. The van der Waals surface area contributed by atoms with Gasteiger partial charge in [0.05, 0.1) is 19.9 Å². The van der Waals surface area contributed by atoms with Crippen molar-refractivity contribution in [3.63, 3.8) is 0 Å². The molecule has 0 fully saturated rings. The molecule has 1 aromatic heterocycles. The molecule has 0 unspecified atom stereocenters. The number of aromatic amines is 1. The van der Waals surface area contributed by atoms with E-state index >= 15 is 0 Å². The number of aryl methyl sites for hydroxylation is 1. The maximum absolute atomic E-state index is 11.3. The number of nitrogens with one attached hydrogen (secondary N) is 3. The number of aliphatic hydroxyl groups excluding tert-OH is 1. The van der Waals surface area contributed by atoms with Crippen molar-refractivity contribution in [1.82, 2.24) is 15.3 Å². The predicted octanol–water partition coefficient (Wildman–Crippen LogP) is 2.93. The minimum absolute atomic E-state index is 0.168. The van der Waals surface area contributed by atoms with Crippen molar-refractivity contribution >= 4 is 11.7 Å². The van der Waals surface area contributed by atoms with Crippen molar-refractivity contribution in [2.45, 2.75) is 26.4 Å². The molecule has 182 valence electrons. The van der Waals surface area contributed by atoms with Crippen LogP contribution in [0.4, 0.5) is 5.82 Å². The second kappa shape index (κ2) is 12.1. The quantitative estimate of drug-likeness (QED) is 0.302. The minimum Gasteiger partial charge on any atom is -0.493 e. The van der Waals surface area contributed by atoms with Crippen molar-refractivity contribution in [2.75, 3.05) is 39.2 Å². The van der Waals surface area contributed by atoms with Gasteiger partial charge in [0.1, 0.15) is 24.3 Å². The average molecular weight is 469 g/mol. The zero-order chi connectivity index (χ0) is 24.5. The molecule has 1 atom stereocenters. The van der Waals surface area contributed by atoms with E-state index in [4.69, 9.17) is 14.2 Å². The lowest BCUT2D eigenvalue weighted by molar-refractivity contribution is -0.114. The van der Waals surface area contributed by atoms with Gasteiger partial charge in [0.25, 0.3) is 0 Å². The number of hydrogen-bond donors (Lipinski definition) is 4. The Morgan fingerprint density at radius 1 is 1.12 bits per heavy atom. The first-order valence-corrected chi connectivity index (χ1v) is 11.1. The third-order valence-electron chi connectivity index (χ3n) is 5.17. The largest absolute Gasteiger partial charge is 0.493 e. The second-order valence-electron chi connectivity index (χ2n) is 7.87. The van der Waals surface area contributed by atoms with Crippen LogP contribution in [0.3, 0.4) is 0 Å². The molecule has 9 nitrogen and oxygen atoms in total. The number of imidazole rings is 1. The van der Waals surface area contributed by atoms with Crippen LogP contribution in [0.1, 0.15) is 18.2 Å². The summed E-state index contributed by atoms with van der Waals surface area (Å²) in [5.41, 5.74) is 2.77. The number of aromatic nitrogens is 2. The summed E-state index contributed by atoms with van der Waals surface area (Å²) < 4.78 is 16.3. The van der Waals surface area contributed by atoms with Crippen molar-refractivity contribution in [2.24, 2.45) is 0 Å². The number of H-pyrrole nitrogens is 1. The molecule has 0 saturated heterocycles. The fourth-order valence-corrected chi connectivity index (χ4v) is 3.38. The van der Waals surface area contributed by atoms with Gasteiger partial charge in [-0.3, -0.25) is 4.79 Å². The molecule has 0 aliphatic rings. The van der Waals surface area contributed by atoms with Crippen molar-refractivity contribution < 1.29 is 24.1 Å². The number of benzene rings is 2. The smallest absolute Gasteiger partial charge is 0.222 e. The van der Waals surface area contributed by atoms with E-state index < -0.39 is 6.10 Å². The molecule has 0 spiro atoms. The lowest BCUT2D eigenvalue weighted by Gasteiger charge is -2.14. The maximum Gasteiger partial charge on any atom is 0.222 e. The van der Waals surface area contributed by atoms with E-state index in [1.807, 2.05) is 49.4 Å². The van der Waals surface area contributed by atoms with Crippen LogP contribution in [0.5, 0.6) is 17.2 Å². The summed E-state index contributed by atoms with van der Waals surface area (Å²) in [7, 11) is 3.23. The van der Waals surface area contributed by atoms with Gasteiger partial charge in [-0.15, -0.1) is 0 Å². The Kier molecular flexibility index (Phi) is 8.89. The molecule has 0 saturated carbocycles. The van der Waals surface area contributed by atoms with Crippen LogP contribution in [0.15, 0.2) is 42.5 Å². The molecule has 4 N–H and O–H groups in total. The van der Waals surface area contributed by atoms with Gasteiger partial charge in [-0.05, 0) is 61.9 Å². The average Bonchev–Trinajstić information content (AvgIpc) is 3.20. The van der Waals surface area contributed by atoms with Crippen LogP contribution in [-0.2, 0) is 11.2 Å². The Balaban J connectivity index is 1.41. The Hall–Kier alpha value is -3.56. The van der Waals surface area contributed by atoms with E-state index in [0.717, 1.165) is 23.2 Å². The number of rotatable bonds is 12. The third kappa shape index (κ3) is 6.97. The van der Waals surface area contributed by atoms with E-state index in [9.17, 15) is 9.90 Å². The number of nitrogens with zero attached hydrogens (tertiary/aromatic N) is 1. The van der Waals surface area contributed by atoms with Crippen LogP contribution in [0, 0.1) is 6.92 Å². The molecule has 1 heterocycles. The zero-order valence-corrected chi connectivity index (χ0v) is 20.0. The fraction of sp³-hybridized carbons (Fsp3) is 0.360. The van der Waals surface area contributed by atoms with Gasteiger partial charge in [-0.1, -0.05) is 6.07 Å². The summed E-state index contributed by atoms with van der Waals surface area (Å²) in [4.78, 5) is 18.8. The first-order chi connectivity index (χ1) is 16.4. The number of ether oxygens (including phenoxy) is 3. The van der Waals surface area contributed by atoms with Crippen LogP contribution >= 0.6 is 0 Å². The highest BCUT2D eigenvalue weighted by Crippen LogP contribution is 2.27. The Bertz CT molecular complexity index is 1080. The number of amides is 1. The second-order valence-corrected chi connectivity index (χ2v) is 7.87. The van der Waals surface area contributed by atoms with Crippen molar-refractivity contribution in [1.29, 1.82) is 0 Å². The van der Waals surface area contributed by atoms with Crippen LogP contribution in [-0.4, -0.2) is 61.0 Å². The van der Waals surface area contributed by atoms with Gasteiger partial charge in [0, 0.05) is 19.0 Å². The van der Waals surface area contributed by atoms with Gasteiger partial charge < -0.3 is 34.9 Å². The molecule has 0 radical (unpaired) electrons. The van der Waals surface area contributed by atoms with E-state index in [1.54, 1.807) is 14.2 Å². The summed E-state index contributed by atoms with van der Waals surface area (Å²) in [6.45, 7) is 4.60. The fourth-order valence-electron chi connectivity index (χ4n) is 3.38. The molecule has 34 heavy (non-hydrogen) atoms. The number of carbonyl (C=O) groups is 1. The Morgan fingerprint density at radius 2 is 1.85 bits per heavy atom. The SMILES string of the molecule is COc1ccc(CCNC[C@H](O)COc2ccc(-c3nc(NC(C)=O)c(C)[nH]3)cc2)cc1OC. The van der Waals surface area contributed by atoms with Crippen LogP contribution < -0.4 is 24.8 Å². The number of methoxy groups -OCH3 is 2. The molecule has 3 aromatic rings. The Morgan fingerprint density at radius 3 is 2.53 bits per heavy atom. The molecular weight excluding hydrogens is 436 g/mol. The van der Waals surface area contributed by atoms with Crippen molar-refractivity contribution in [3.8, 4) is 28.6 Å². The number of hydrogen-bond acceptors (Lipinski definition) is 7. The van der Waals surface area contributed by atoms with E-state index in [0.29, 0.717) is 42.0 Å². The first kappa shape index (κ1) is 25.1. The highest BCUT2D eigenvalue weighted by molar-refractivity contribution is 5.88. The molecular formula is C25H32N4O5. The molecule has 0 bridgehead atoms. The van der Waals surface area contributed by atoms with Crippen LogP contribution in [0.25, 0.3) is 11.4 Å². The minimum atomic E-state index is -0.641. The summed E-state index contributed by atoms with van der Waals surface area (Å²) in [5, 5.41) is 16.2. The Labute approximate surface area is 199 Å². The highest BCUT2D eigenvalue weighted by Gasteiger charge is 2.11. The molecule has 0 aliphatic heterocycles. The number of aliphatic hydroxyl groups is 1. The summed E-state index contributed by atoms with van der Waals surface area (Å²) in [6.07, 6.45) is 0.156. The lowest BCUT2D eigenvalue weighted by Crippen LogP contribution is -2.32. The maximum atomic E-state index is 11.3. The number of anilines is 1. The topological polar surface area (TPSA) is 118 Å². The molecule has 9 heteroatoms. The standard InChI is InChI=1S/C25H32N4O5/c1-16-24(28-17(2)30)29-25(27-16)19-6-8-21(9-7-19)34-15-20(31)14-26-12-11-18-5-10-22(32-3)23(13-18)33-4/h5-10,13,20,26,31H,11-12,14-15H2,1-4H3,(H,27,29)(H,28,30)/t20-/m0/s1. The third-order valence-corrected chi connectivity index (χ3v) is 5.17. The summed E-state index contributed by atoms with van der Waals surface area (Å²) in [5.74, 6) is 3.07. The predicted molar refractivity (Wildman–Crippen MR) is 131 cm³/mol. The normalized spacial score (nSPS) is 11.7.